The number of tetrazole rings is 1. The Morgan fingerprint density at radius 1 is 1.06 bits per heavy atom. The molecule has 0 aliphatic carbocycles. The molecule has 1 fully saturated rings. The molecule has 1 amide bonds. The highest BCUT2D eigenvalue weighted by Crippen LogP contribution is 2.43. The molecule has 0 spiro atoms. The normalized spacial score (nSPS) is 16.9. The Kier molecular flexibility index (Phi) is 6.49. The van der Waals surface area contributed by atoms with Crippen LogP contribution in [-0.4, -0.2) is 37.2 Å². The Balaban J connectivity index is 1.59. The molecule has 3 aromatic rings. The lowest BCUT2D eigenvalue weighted by atomic mass is 9.72. The van der Waals surface area contributed by atoms with Gasteiger partial charge in [-0.1, -0.05) is 62.4 Å². The zero-order valence-corrected chi connectivity index (χ0v) is 19.3. The first kappa shape index (κ1) is 22.6. The minimum Gasteiger partial charge on any atom is -0.312 e. The molecule has 33 heavy (non-hydrogen) atoms. The fraction of sp³-hybridized carbons (Fsp3) is 0.346. The van der Waals surface area contributed by atoms with Crippen LogP contribution in [0, 0.1) is 5.41 Å². The number of amides is 1. The predicted molar refractivity (Wildman–Crippen MR) is 127 cm³/mol. The minimum atomic E-state index is -0.0579. The Morgan fingerprint density at radius 2 is 1.76 bits per heavy atom. The van der Waals surface area contributed by atoms with E-state index in [1.165, 1.54) is 0 Å². The molecule has 2 heterocycles. The number of aromatic nitrogens is 4. The molecule has 170 valence electrons. The Morgan fingerprint density at radius 3 is 2.36 bits per heavy atom. The predicted octanol–water partition coefficient (Wildman–Crippen LogP) is 4.94. The maximum absolute atomic E-state index is 13.1. The Hall–Kier alpha value is -3.61. The van der Waals surface area contributed by atoms with E-state index in [2.05, 4.69) is 34.5 Å². The van der Waals surface area contributed by atoms with Crippen molar-refractivity contribution in [2.75, 3.05) is 0 Å². The van der Waals surface area contributed by atoms with E-state index in [1.54, 1.807) is 17.9 Å². The van der Waals surface area contributed by atoms with Gasteiger partial charge in [0.25, 0.3) is 0 Å². The highest BCUT2D eigenvalue weighted by molar-refractivity contribution is 5.90. The van der Waals surface area contributed by atoms with Crippen molar-refractivity contribution >= 4 is 11.7 Å². The summed E-state index contributed by atoms with van der Waals surface area (Å²) in [4.78, 5) is 26.8. The molecule has 0 atom stereocenters. The number of hydrogen-bond donors (Lipinski definition) is 1. The van der Waals surface area contributed by atoms with Crippen molar-refractivity contribution in [1.29, 1.82) is 0 Å². The number of carbonyl (C=O) groups excluding carboxylic acids is 2. The van der Waals surface area contributed by atoms with E-state index in [9.17, 15) is 9.59 Å². The molecule has 0 unspecified atom stereocenters. The van der Waals surface area contributed by atoms with Crippen LogP contribution in [0.1, 0.15) is 52.0 Å². The smallest absolute Gasteiger partial charge is 0.227 e. The van der Waals surface area contributed by atoms with E-state index in [1.807, 2.05) is 48.5 Å². The van der Waals surface area contributed by atoms with Crippen LogP contribution in [0.2, 0.25) is 0 Å². The van der Waals surface area contributed by atoms with Gasteiger partial charge in [0.1, 0.15) is 0 Å². The first-order valence-corrected chi connectivity index (χ1v) is 11.4. The summed E-state index contributed by atoms with van der Waals surface area (Å²) in [7, 11) is 0. The maximum Gasteiger partial charge on any atom is 0.227 e. The van der Waals surface area contributed by atoms with E-state index in [0.717, 1.165) is 47.2 Å². The van der Waals surface area contributed by atoms with Crippen LogP contribution in [0.5, 0.6) is 0 Å². The fourth-order valence-corrected chi connectivity index (χ4v) is 4.60. The summed E-state index contributed by atoms with van der Waals surface area (Å²) < 4.78 is 0. The fourth-order valence-electron chi connectivity index (χ4n) is 4.60. The zero-order valence-electron chi connectivity index (χ0n) is 19.3. The number of allylic oxidation sites excluding steroid dienone is 2. The summed E-state index contributed by atoms with van der Waals surface area (Å²) in [6.45, 7) is 6.25. The molecular formula is C26H29N5O2. The summed E-state index contributed by atoms with van der Waals surface area (Å²) in [5.74, 6) is 0.603. The molecule has 7 nitrogen and oxygen atoms in total. The molecule has 2 aromatic carbocycles. The summed E-state index contributed by atoms with van der Waals surface area (Å²) in [5, 5.41) is 14.4. The first-order chi connectivity index (χ1) is 15.9. The van der Waals surface area contributed by atoms with Gasteiger partial charge in [-0.05, 0) is 53.5 Å². The van der Waals surface area contributed by atoms with Gasteiger partial charge in [0.15, 0.2) is 5.78 Å². The standard InChI is InChI=1S/C26H29N5O2/c1-4-26(5-2)15-21(14-18(3)32)31(24(33)16-26)17-19-10-12-20(13-11-19)22-8-6-7-9-23(22)25-27-29-30-28-25/h6-14H,4-5,15-17H2,1-3H3,(H,27,28,29,30)/b21-14+. The van der Waals surface area contributed by atoms with Crippen LogP contribution in [0.3, 0.4) is 0 Å². The molecular weight excluding hydrogens is 414 g/mol. The van der Waals surface area contributed by atoms with E-state index < -0.39 is 0 Å². The van der Waals surface area contributed by atoms with Crippen LogP contribution in [-0.2, 0) is 16.1 Å². The highest BCUT2D eigenvalue weighted by atomic mass is 16.2. The summed E-state index contributed by atoms with van der Waals surface area (Å²) in [6.07, 6.45) is 4.75. The topological polar surface area (TPSA) is 91.8 Å². The van der Waals surface area contributed by atoms with Gasteiger partial charge in [0.05, 0.1) is 6.54 Å². The number of piperidine rings is 1. The van der Waals surface area contributed by atoms with E-state index >= 15 is 0 Å². The van der Waals surface area contributed by atoms with E-state index in [0.29, 0.717) is 18.8 Å². The van der Waals surface area contributed by atoms with Crippen molar-refractivity contribution in [3.8, 4) is 22.5 Å². The minimum absolute atomic E-state index is 0.0285. The molecule has 1 aromatic heterocycles. The third-order valence-corrected chi connectivity index (χ3v) is 6.72. The van der Waals surface area contributed by atoms with Gasteiger partial charge >= 0.3 is 0 Å². The number of benzene rings is 2. The summed E-state index contributed by atoms with van der Waals surface area (Å²) in [6, 6.07) is 16.1. The van der Waals surface area contributed by atoms with Crippen LogP contribution in [0.15, 0.2) is 60.3 Å². The number of nitrogens with zero attached hydrogens (tertiary/aromatic N) is 4. The van der Waals surface area contributed by atoms with Crippen molar-refractivity contribution in [3.05, 3.63) is 65.9 Å². The number of H-pyrrole nitrogens is 1. The third kappa shape index (κ3) is 4.77. The van der Waals surface area contributed by atoms with Crippen LogP contribution in [0.4, 0.5) is 0 Å². The summed E-state index contributed by atoms with van der Waals surface area (Å²) in [5.41, 5.74) is 4.71. The second-order valence-corrected chi connectivity index (χ2v) is 8.76. The average molecular weight is 444 g/mol. The second-order valence-electron chi connectivity index (χ2n) is 8.76. The molecule has 0 saturated carbocycles. The summed E-state index contributed by atoms with van der Waals surface area (Å²) >= 11 is 0. The zero-order chi connectivity index (χ0) is 23.4. The molecule has 7 heteroatoms. The second kappa shape index (κ2) is 9.48. The van der Waals surface area contributed by atoms with Crippen molar-refractivity contribution < 1.29 is 9.59 Å². The lowest BCUT2D eigenvalue weighted by molar-refractivity contribution is -0.135. The maximum atomic E-state index is 13.1. The van der Waals surface area contributed by atoms with Crippen molar-refractivity contribution in [2.24, 2.45) is 5.41 Å². The van der Waals surface area contributed by atoms with Crippen LogP contribution in [0.25, 0.3) is 22.5 Å². The SMILES string of the molecule is CCC1(CC)CC(=O)N(Cc2ccc(-c3ccccc3-c3nn[nH]n3)cc2)/C(=C/C(C)=O)C1. The van der Waals surface area contributed by atoms with E-state index in [-0.39, 0.29) is 17.1 Å². The average Bonchev–Trinajstić information content (AvgIpc) is 3.36. The third-order valence-electron chi connectivity index (χ3n) is 6.72. The number of rotatable bonds is 7. The monoisotopic (exact) mass is 443 g/mol. The van der Waals surface area contributed by atoms with Crippen molar-refractivity contribution in [2.45, 2.75) is 53.0 Å². The quantitative estimate of drug-likeness (QED) is 0.523. The molecule has 1 saturated heterocycles. The highest BCUT2D eigenvalue weighted by Gasteiger charge is 2.39. The first-order valence-electron chi connectivity index (χ1n) is 11.4. The lowest BCUT2D eigenvalue weighted by Gasteiger charge is -2.42. The van der Waals surface area contributed by atoms with Gasteiger partial charge in [0, 0.05) is 23.8 Å². The van der Waals surface area contributed by atoms with Gasteiger partial charge in [-0.15, -0.1) is 10.2 Å². The van der Waals surface area contributed by atoms with Gasteiger partial charge in [-0.3, -0.25) is 9.59 Å². The lowest BCUT2D eigenvalue weighted by Crippen LogP contribution is -2.42. The van der Waals surface area contributed by atoms with Crippen LogP contribution >= 0.6 is 0 Å². The molecule has 0 bridgehead atoms. The molecule has 0 radical (unpaired) electrons. The van der Waals surface area contributed by atoms with Gasteiger partial charge in [-0.25, -0.2) is 0 Å². The number of ketones is 1. The Labute approximate surface area is 193 Å². The van der Waals surface area contributed by atoms with Crippen LogP contribution < -0.4 is 0 Å². The van der Waals surface area contributed by atoms with Gasteiger partial charge < -0.3 is 4.90 Å². The number of carbonyl (C=O) groups is 2. The number of nitrogens with one attached hydrogen (secondary N) is 1. The molecule has 1 aliphatic heterocycles. The Bertz CT molecular complexity index is 1160. The number of hydrogen-bond acceptors (Lipinski definition) is 5. The molecule has 4 rings (SSSR count). The number of likely N-dealkylation sites (tertiary alicyclic amines) is 1. The van der Waals surface area contributed by atoms with Crippen molar-refractivity contribution in [1.82, 2.24) is 25.5 Å². The largest absolute Gasteiger partial charge is 0.312 e. The molecule has 1 N–H and O–H groups in total. The number of aromatic amines is 1. The van der Waals surface area contributed by atoms with Gasteiger partial charge in [0.2, 0.25) is 11.7 Å². The van der Waals surface area contributed by atoms with Gasteiger partial charge in [-0.2, -0.15) is 5.21 Å². The molecule has 1 aliphatic rings. The van der Waals surface area contributed by atoms with E-state index in [4.69, 9.17) is 0 Å². The van der Waals surface area contributed by atoms with Crippen molar-refractivity contribution in [3.63, 3.8) is 0 Å².